The second-order valence-corrected chi connectivity index (χ2v) is 11.8. The molecule has 6 atom stereocenters. The number of fused-ring (bicyclic) bond motifs is 1. The van der Waals surface area contributed by atoms with Gasteiger partial charge < -0.3 is 24.5 Å². The van der Waals surface area contributed by atoms with Crippen molar-refractivity contribution >= 4 is 56.6 Å². The van der Waals surface area contributed by atoms with Gasteiger partial charge in [-0.05, 0) is 42.8 Å². The summed E-state index contributed by atoms with van der Waals surface area (Å²) in [5, 5.41) is 10.4. The Morgan fingerprint density at radius 2 is 1.65 bits per heavy atom. The maximum atomic E-state index is 14.4. The number of hydrogen-bond acceptors (Lipinski definition) is 5. The molecule has 210 valence electrons. The fraction of sp³-hybridized carbons (Fsp3) is 0.367. The molecule has 10 heteroatoms. The van der Waals surface area contributed by atoms with Crippen LogP contribution < -0.4 is 9.80 Å². The number of rotatable bonds is 10. The van der Waals surface area contributed by atoms with Crippen molar-refractivity contribution in [2.75, 3.05) is 36.0 Å². The Morgan fingerprint density at radius 3 is 2.25 bits per heavy atom. The summed E-state index contributed by atoms with van der Waals surface area (Å²) in [7, 11) is 0. The highest BCUT2D eigenvalue weighted by Crippen LogP contribution is 2.60. The lowest BCUT2D eigenvalue weighted by Gasteiger charge is -2.37. The van der Waals surface area contributed by atoms with Crippen LogP contribution in [-0.2, 0) is 19.1 Å². The van der Waals surface area contributed by atoms with Gasteiger partial charge in [-0.3, -0.25) is 14.4 Å². The Hall–Kier alpha value is -2.98. The van der Waals surface area contributed by atoms with E-state index in [2.05, 4.69) is 29.1 Å². The first kappa shape index (κ1) is 28.5. The minimum absolute atomic E-state index is 0.0625. The molecule has 2 bridgehead atoms. The Labute approximate surface area is 247 Å². The van der Waals surface area contributed by atoms with Crippen molar-refractivity contribution in [1.29, 1.82) is 0 Å². The van der Waals surface area contributed by atoms with Crippen molar-refractivity contribution < 1.29 is 24.2 Å². The van der Waals surface area contributed by atoms with Crippen molar-refractivity contribution in [2.45, 2.75) is 29.0 Å². The van der Waals surface area contributed by atoms with E-state index in [0.29, 0.717) is 22.8 Å². The van der Waals surface area contributed by atoms with Crippen LogP contribution in [0.4, 0.5) is 11.4 Å². The smallest absolute Gasteiger partial charge is 0.253 e. The van der Waals surface area contributed by atoms with Crippen LogP contribution in [0.3, 0.4) is 0 Å². The van der Waals surface area contributed by atoms with E-state index in [-0.39, 0.29) is 48.8 Å². The standard InChI is InChI=1S/C30H31BrClN3O5/c1-3-14-33(20-8-6-5-7-9-20)27(37)23-24-28(38)35(16-17-36)26(30(24)18-22(31)25(23)40-30)29(39)34(15-4-2)21-12-10-19(32)11-13-21/h3-13,22-26,36H,1-2,14-18H2/t22?,23-,24-,25-,26?,30?/m0/s1. The highest BCUT2D eigenvalue weighted by molar-refractivity contribution is 9.09. The van der Waals surface area contributed by atoms with Gasteiger partial charge in [-0.2, -0.15) is 0 Å². The summed E-state index contributed by atoms with van der Waals surface area (Å²) in [6.45, 7) is 7.66. The maximum absolute atomic E-state index is 14.4. The Morgan fingerprint density at radius 1 is 1.05 bits per heavy atom. The molecule has 2 aromatic rings. The molecule has 3 heterocycles. The van der Waals surface area contributed by atoms with E-state index in [1.807, 2.05) is 30.3 Å². The van der Waals surface area contributed by atoms with Crippen molar-refractivity contribution in [3.8, 4) is 0 Å². The largest absolute Gasteiger partial charge is 0.395 e. The molecule has 40 heavy (non-hydrogen) atoms. The van der Waals surface area contributed by atoms with E-state index in [1.54, 1.807) is 41.3 Å². The van der Waals surface area contributed by atoms with Gasteiger partial charge in [-0.1, -0.05) is 57.9 Å². The Bertz CT molecular complexity index is 1310. The predicted molar refractivity (Wildman–Crippen MR) is 157 cm³/mol. The minimum atomic E-state index is -1.25. The quantitative estimate of drug-likeness (QED) is 0.319. The molecule has 0 saturated carbocycles. The number of benzene rings is 2. The zero-order chi connectivity index (χ0) is 28.6. The summed E-state index contributed by atoms with van der Waals surface area (Å²) in [5.74, 6) is -2.71. The lowest BCUT2D eigenvalue weighted by molar-refractivity contribution is -0.141. The number of amides is 3. The fourth-order valence-corrected chi connectivity index (χ4v) is 7.57. The van der Waals surface area contributed by atoms with E-state index in [0.717, 1.165) is 0 Å². The predicted octanol–water partition coefficient (Wildman–Crippen LogP) is 3.82. The van der Waals surface area contributed by atoms with Crippen molar-refractivity contribution in [3.63, 3.8) is 0 Å². The van der Waals surface area contributed by atoms with Crippen molar-refractivity contribution in [3.05, 3.63) is 84.9 Å². The third kappa shape index (κ3) is 4.59. The number of para-hydroxylation sites is 1. The van der Waals surface area contributed by atoms with Crippen LogP contribution in [0.25, 0.3) is 0 Å². The summed E-state index contributed by atoms with van der Waals surface area (Å²) in [5.41, 5.74) is 0.0214. The molecule has 0 aromatic heterocycles. The average Bonchev–Trinajstić information content (AvgIpc) is 3.54. The van der Waals surface area contributed by atoms with Gasteiger partial charge in [0, 0.05) is 40.9 Å². The molecule has 5 rings (SSSR count). The van der Waals surface area contributed by atoms with E-state index < -0.39 is 29.6 Å². The molecule has 3 amide bonds. The number of nitrogens with zero attached hydrogens (tertiary/aromatic N) is 3. The molecule has 3 saturated heterocycles. The van der Waals surface area contributed by atoms with Gasteiger partial charge in [-0.25, -0.2) is 0 Å². The second kappa shape index (κ2) is 11.5. The molecule has 1 N–H and O–H groups in total. The van der Waals surface area contributed by atoms with Gasteiger partial charge in [0.2, 0.25) is 11.8 Å². The van der Waals surface area contributed by atoms with Gasteiger partial charge in [0.25, 0.3) is 5.91 Å². The van der Waals surface area contributed by atoms with Gasteiger partial charge in [-0.15, -0.1) is 13.2 Å². The lowest BCUT2D eigenvalue weighted by Crippen LogP contribution is -2.57. The van der Waals surface area contributed by atoms with Crippen LogP contribution in [0.2, 0.25) is 5.02 Å². The number of anilines is 2. The molecule has 2 aromatic carbocycles. The number of alkyl halides is 1. The van der Waals surface area contributed by atoms with Crippen LogP contribution in [0, 0.1) is 11.8 Å². The molecule has 0 radical (unpaired) electrons. The van der Waals surface area contributed by atoms with Crippen LogP contribution >= 0.6 is 27.5 Å². The number of carbonyl (C=O) groups excluding carboxylic acids is 3. The van der Waals surface area contributed by atoms with Crippen LogP contribution in [-0.4, -0.2) is 76.5 Å². The number of ether oxygens (including phenoxy) is 1. The molecular formula is C30H31BrClN3O5. The first-order chi connectivity index (χ1) is 19.3. The van der Waals surface area contributed by atoms with Gasteiger partial charge in [0.1, 0.15) is 11.6 Å². The molecular weight excluding hydrogens is 598 g/mol. The topological polar surface area (TPSA) is 90.4 Å². The van der Waals surface area contributed by atoms with Gasteiger partial charge in [0.05, 0.1) is 24.5 Å². The normalized spacial score (nSPS) is 28.3. The van der Waals surface area contributed by atoms with Crippen molar-refractivity contribution in [2.24, 2.45) is 11.8 Å². The zero-order valence-corrected chi connectivity index (χ0v) is 24.2. The number of halogens is 2. The van der Waals surface area contributed by atoms with Crippen molar-refractivity contribution in [1.82, 2.24) is 4.90 Å². The fourth-order valence-electron chi connectivity index (χ4n) is 6.50. The third-order valence-electron chi connectivity index (χ3n) is 8.01. The highest BCUT2D eigenvalue weighted by atomic mass is 79.9. The molecule has 3 aliphatic heterocycles. The van der Waals surface area contributed by atoms with Gasteiger partial charge >= 0.3 is 0 Å². The summed E-state index contributed by atoms with van der Waals surface area (Å²) in [6, 6.07) is 15.0. The van der Waals surface area contributed by atoms with Gasteiger partial charge in [0.15, 0.2) is 0 Å². The number of β-amino-alcohol motifs (C(OH)–C–C–N with tert-alkyl or cyclic N) is 1. The zero-order valence-electron chi connectivity index (χ0n) is 21.9. The Balaban J connectivity index is 1.57. The van der Waals surface area contributed by atoms with Crippen LogP contribution in [0.1, 0.15) is 6.42 Å². The number of aliphatic hydroxyl groups excluding tert-OH is 1. The summed E-state index contributed by atoms with van der Waals surface area (Å²) < 4.78 is 6.60. The first-order valence-electron chi connectivity index (χ1n) is 13.2. The van der Waals surface area contributed by atoms with E-state index >= 15 is 0 Å². The van der Waals surface area contributed by atoms with Crippen LogP contribution in [0.15, 0.2) is 79.9 Å². The molecule has 1 spiro atoms. The molecule has 3 aliphatic rings. The summed E-state index contributed by atoms with van der Waals surface area (Å²) in [4.78, 5) is 47.0. The number of hydrogen-bond donors (Lipinski definition) is 1. The molecule has 3 unspecified atom stereocenters. The number of aliphatic hydroxyl groups is 1. The Kier molecular flexibility index (Phi) is 8.20. The number of likely N-dealkylation sites (tertiary alicyclic amines) is 1. The average molecular weight is 629 g/mol. The van der Waals surface area contributed by atoms with E-state index in [4.69, 9.17) is 16.3 Å². The first-order valence-corrected chi connectivity index (χ1v) is 14.5. The van der Waals surface area contributed by atoms with E-state index in [9.17, 15) is 19.5 Å². The summed E-state index contributed by atoms with van der Waals surface area (Å²) in [6.07, 6.45) is 3.01. The molecule has 3 fully saturated rings. The minimum Gasteiger partial charge on any atom is -0.395 e. The molecule has 0 aliphatic carbocycles. The number of carbonyl (C=O) groups is 3. The highest BCUT2D eigenvalue weighted by Gasteiger charge is 2.77. The summed E-state index contributed by atoms with van der Waals surface area (Å²) >= 11 is 9.79. The van der Waals surface area contributed by atoms with E-state index in [1.165, 1.54) is 9.80 Å². The van der Waals surface area contributed by atoms with Crippen LogP contribution in [0.5, 0.6) is 0 Å². The third-order valence-corrected chi connectivity index (χ3v) is 9.11. The molecule has 8 nitrogen and oxygen atoms in total. The SMILES string of the molecule is C=CCN(C(=O)C1N(CCO)C(=O)[C@@H]2[C@H](C(=O)N(CC=C)c3ccccc3)[C@H]3OC12CC3Br)c1ccc(Cl)cc1. The maximum Gasteiger partial charge on any atom is 0.253 e. The second-order valence-electron chi connectivity index (χ2n) is 10.2. The monoisotopic (exact) mass is 627 g/mol. The lowest BCUT2D eigenvalue weighted by atomic mass is 9.70.